The van der Waals surface area contributed by atoms with Gasteiger partial charge in [0.15, 0.2) is 0 Å². The van der Waals surface area contributed by atoms with Crippen LogP contribution in [0.1, 0.15) is 40.5 Å². The predicted octanol–water partition coefficient (Wildman–Crippen LogP) is 0.396. The first-order valence-corrected chi connectivity index (χ1v) is 6.66. The second-order valence-electron chi connectivity index (χ2n) is 5.47. The molecule has 0 aromatic carbocycles. The molecule has 0 bridgehead atoms. The van der Waals surface area contributed by atoms with Gasteiger partial charge in [0.1, 0.15) is 5.41 Å². The minimum atomic E-state index is -1.29. The van der Waals surface area contributed by atoms with E-state index in [-0.39, 0.29) is 24.9 Å². The van der Waals surface area contributed by atoms with Crippen molar-refractivity contribution in [2.24, 2.45) is 5.41 Å². The molecule has 1 saturated heterocycles. The third kappa shape index (κ3) is 3.34. The average Bonchev–Trinajstić information content (AvgIpc) is 2.36. The number of rotatable bonds is 5. The number of urea groups is 1. The molecule has 0 radical (unpaired) electrons. The van der Waals surface area contributed by atoms with Crippen molar-refractivity contribution >= 4 is 23.8 Å². The van der Waals surface area contributed by atoms with E-state index in [4.69, 9.17) is 0 Å². The zero-order valence-electron chi connectivity index (χ0n) is 12.3. The van der Waals surface area contributed by atoms with Crippen LogP contribution >= 0.6 is 0 Å². The highest BCUT2D eigenvalue weighted by Gasteiger charge is 2.46. The van der Waals surface area contributed by atoms with Gasteiger partial charge in [-0.05, 0) is 27.2 Å². The SMILES string of the molecule is CCC(C)NC(=O)CCN1C(=O)NC(=O)C(C)(C)C1=O. The van der Waals surface area contributed by atoms with E-state index in [0.717, 1.165) is 11.3 Å². The molecule has 112 valence electrons. The fourth-order valence-corrected chi connectivity index (χ4v) is 1.71. The quantitative estimate of drug-likeness (QED) is 0.714. The fraction of sp³-hybridized carbons (Fsp3) is 0.692. The molecule has 7 heteroatoms. The number of carbonyl (C=O) groups excluding carboxylic acids is 4. The molecule has 20 heavy (non-hydrogen) atoms. The lowest BCUT2D eigenvalue weighted by Gasteiger charge is -2.34. The number of nitrogens with zero attached hydrogens (tertiary/aromatic N) is 1. The molecular formula is C13H21N3O4. The second-order valence-corrected chi connectivity index (χ2v) is 5.47. The Labute approximate surface area is 118 Å². The van der Waals surface area contributed by atoms with Crippen molar-refractivity contribution in [1.29, 1.82) is 0 Å². The summed E-state index contributed by atoms with van der Waals surface area (Å²) in [6, 6.07) is -0.720. The molecule has 1 heterocycles. The molecule has 0 aromatic rings. The molecule has 0 aromatic heterocycles. The number of amides is 5. The number of imide groups is 2. The maximum absolute atomic E-state index is 12.1. The van der Waals surface area contributed by atoms with Crippen LogP contribution in [0.25, 0.3) is 0 Å². The van der Waals surface area contributed by atoms with E-state index in [1.807, 2.05) is 13.8 Å². The van der Waals surface area contributed by atoms with Crippen LogP contribution in [0.15, 0.2) is 0 Å². The monoisotopic (exact) mass is 283 g/mol. The van der Waals surface area contributed by atoms with Crippen molar-refractivity contribution in [2.75, 3.05) is 6.54 Å². The van der Waals surface area contributed by atoms with E-state index >= 15 is 0 Å². The van der Waals surface area contributed by atoms with Gasteiger partial charge in [-0.2, -0.15) is 0 Å². The lowest BCUT2D eigenvalue weighted by atomic mass is 9.89. The third-order valence-electron chi connectivity index (χ3n) is 3.40. The summed E-state index contributed by atoms with van der Waals surface area (Å²) in [6.07, 6.45) is 0.824. The maximum atomic E-state index is 12.1. The van der Waals surface area contributed by atoms with Gasteiger partial charge in [0.25, 0.3) is 0 Å². The van der Waals surface area contributed by atoms with Gasteiger partial charge >= 0.3 is 6.03 Å². The summed E-state index contributed by atoms with van der Waals surface area (Å²) in [7, 11) is 0. The number of hydrogen-bond acceptors (Lipinski definition) is 4. The van der Waals surface area contributed by atoms with Crippen LogP contribution < -0.4 is 10.6 Å². The summed E-state index contributed by atoms with van der Waals surface area (Å²) in [5, 5.41) is 4.87. The zero-order chi connectivity index (χ0) is 15.5. The largest absolute Gasteiger partial charge is 0.354 e. The Kier molecular flexibility index (Phi) is 4.86. The molecule has 1 aliphatic rings. The molecular weight excluding hydrogens is 262 g/mol. The van der Waals surface area contributed by atoms with E-state index in [1.54, 1.807) is 0 Å². The van der Waals surface area contributed by atoms with Crippen LogP contribution in [-0.2, 0) is 14.4 Å². The molecule has 0 spiro atoms. The minimum Gasteiger partial charge on any atom is -0.354 e. The van der Waals surface area contributed by atoms with Gasteiger partial charge in [-0.15, -0.1) is 0 Å². The Morgan fingerprint density at radius 1 is 1.35 bits per heavy atom. The molecule has 2 N–H and O–H groups in total. The van der Waals surface area contributed by atoms with Crippen molar-refractivity contribution in [3.05, 3.63) is 0 Å². The van der Waals surface area contributed by atoms with Gasteiger partial charge in [-0.1, -0.05) is 6.92 Å². The van der Waals surface area contributed by atoms with E-state index in [2.05, 4.69) is 10.6 Å². The molecule has 7 nitrogen and oxygen atoms in total. The van der Waals surface area contributed by atoms with Crippen LogP contribution in [0.2, 0.25) is 0 Å². The molecule has 5 amide bonds. The Bertz CT molecular complexity index is 445. The van der Waals surface area contributed by atoms with Gasteiger partial charge in [0.2, 0.25) is 17.7 Å². The molecule has 1 atom stereocenters. The molecule has 1 rings (SSSR count). The lowest BCUT2D eigenvalue weighted by molar-refractivity contribution is -0.149. The van der Waals surface area contributed by atoms with Crippen molar-refractivity contribution in [3.63, 3.8) is 0 Å². The Morgan fingerprint density at radius 2 is 1.95 bits per heavy atom. The first kappa shape index (κ1) is 16.1. The zero-order valence-corrected chi connectivity index (χ0v) is 12.3. The highest BCUT2D eigenvalue weighted by molar-refractivity contribution is 6.18. The highest BCUT2D eigenvalue weighted by atomic mass is 16.2. The summed E-state index contributed by atoms with van der Waals surface area (Å²) < 4.78 is 0. The first-order valence-electron chi connectivity index (χ1n) is 6.66. The van der Waals surface area contributed by atoms with E-state index in [0.29, 0.717) is 0 Å². The van der Waals surface area contributed by atoms with Gasteiger partial charge in [0.05, 0.1) is 0 Å². The smallest absolute Gasteiger partial charge is 0.330 e. The Balaban J connectivity index is 2.63. The van der Waals surface area contributed by atoms with Crippen LogP contribution in [-0.4, -0.2) is 41.2 Å². The van der Waals surface area contributed by atoms with Crippen molar-refractivity contribution in [1.82, 2.24) is 15.5 Å². The molecule has 1 aliphatic heterocycles. The number of nitrogens with one attached hydrogen (secondary N) is 2. The number of barbiturate groups is 1. The lowest BCUT2D eigenvalue weighted by Crippen LogP contribution is -2.62. The maximum Gasteiger partial charge on any atom is 0.330 e. The Morgan fingerprint density at radius 3 is 2.50 bits per heavy atom. The van der Waals surface area contributed by atoms with E-state index in [9.17, 15) is 19.2 Å². The van der Waals surface area contributed by atoms with Gasteiger partial charge < -0.3 is 5.32 Å². The van der Waals surface area contributed by atoms with Gasteiger partial charge in [0, 0.05) is 19.0 Å². The topological polar surface area (TPSA) is 95.6 Å². The highest BCUT2D eigenvalue weighted by Crippen LogP contribution is 2.23. The molecule has 1 unspecified atom stereocenters. The van der Waals surface area contributed by atoms with E-state index in [1.165, 1.54) is 13.8 Å². The van der Waals surface area contributed by atoms with Crippen LogP contribution in [0.3, 0.4) is 0 Å². The second kappa shape index (κ2) is 6.02. The standard InChI is InChI=1S/C13H21N3O4/c1-5-8(2)14-9(17)6-7-16-11(19)13(3,4)10(18)15-12(16)20/h8H,5-7H2,1-4H3,(H,14,17)(H,15,18,20). The van der Waals surface area contributed by atoms with Crippen LogP contribution in [0.5, 0.6) is 0 Å². The normalized spacial score (nSPS) is 19.6. The molecule has 0 aliphatic carbocycles. The molecule has 1 fully saturated rings. The van der Waals surface area contributed by atoms with Crippen LogP contribution in [0, 0.1) is 5.41 Å². The van der Waals surface area contributed by atoms with Crippen molar-refractivity contribution in [3.8, 4) is 0 Å². The first-order chi connectivity index (χ1) is 9.20. The third-order valence-corrected chi connectivity index (χ3v) is 3.40. The van der Waals surface area contributed by atoms with E-state index < -0.39 is 23.3 Å². The summed E-state index contributed by atoms with van der Waals surface area (Å²) in [5.74, 6) is -1.43. The minimum absolute atomic E-state index is 0.0216. The average molecular weight is 283 g/mol. The molecule has 0 saturated carbocycles. The predicted molar refractivity (Wildman–Crippen MR) is 71.5 cm³/mol. The van der Waals surface area contributed by atoms with Crippen LogP contribution in [0.4, 0.5) is 4.79 Å². The number of hydrogen-bond donors (Lipinski definition) is 2. The summed E-state index contributed by atoms with van der Waals surface area (Å²) in [4.78, 5) is 47.8. The number of carbonyl (C=O) groups is 4. The van der Waals surface area contributed by atoms with Crippen molar-refractivity contribution in [2.45, 2.75) is 46.6 Å². The van der Waals surface area contributed by atoms with Crippen molar-refractivity contribution < 1.29 is 19.2 Å². The fourth-order valence-electron chi connectivity index (χ4n) is 1.71. The summed E-state index contributed by atoms with van der Waals surface area (Å²) in [5.41, 5.74) is -1.29. The summed E-state index contributed by atoms with van der Waals surface area (Å²) in [6.45, 7) is 6.68. The Hall–Kier alpha value is -1.92. The summed E-state index contributed by atoms with van der Waals surface area (Å²) >= 11 is 0. The van der Waals surface area contributed by atoms with Gasteiger partial charge in [-0.25, -0.2) is 4.79 Å². The van der Waals surface area contributed by atoms with Gasteiger partial charge in [-0.3, -0.25) is 24.6 Å².